The Bertz CT molecular complexity index is 717. The highest BCUT2D eigenvalue weighted by molar-refractivity contribution is 5.57. The van der Waals surface area contributed by atoms with Gasteiger partial charge in [0.05, 0.1) is 24.5 Å². The zero-order chi connectivity index (χ0) is 13.5. The molecule has 1 aromatic heterocycles. The molecule has 1 aliphatic carbocycles. The van der Waals surface area contributed by atoms with Crippen LogP contribution in [0.3, 0.4) is 0 Å². The highest BCUT2D eigenvalue weighted by atomic mass is 16.5. The summed E-state index contributed by atoms with van der Waals surface area (Å²) in [5.41, 5.74) is 3.85. The maximum Gasteiger partial charge on any atom is 0.256 e. The van der Waals surface area contributed by atoms with E-state index in [-0.39, 0.29) is 5.56 Å². The summed E-state index contributed by atoms with van der Waals surface area (Å²) in [7, 11) is 0. The minimum atomic E-state index is -0.0680. The average molecular weight is 268 g/mol. The van der Waals surface area contributed by atoms with Crippen molar-refractivity contribution in [1.29, 1.82) is 0 Å². The molecule has 2 aromatic rings. The van der Waals surface area contributed by atoms with Crippen LogP contribution in [0.15, 0.2) is 29.1 Å². The Hall–Kier alpha value is -1.94. The van der Waals surface area contributed by atoms with Gasteiger partial charge in [-0.1, -0.05) is 18.2 Å². The van der Waals surface area contributed by atoms with E-state index in [1.807, 2.05) is 12.1 Å². The second-order valence-corrected chi connectivity index (χ2v) is 5.54. The van der Waals surface area contributed by atoms with Gasteiger partial charge in [-0.2, -0.15) is 0 Å². The molecule has 0 radical (unpaired) electrons. The number of nitrogens with one attached hydrogen (secondary N) is 1. The van der Waals surface area contributed by atoms with Crippen LogP contribution in [0.5, 0.6) is 0 Å². The normalized spacial score (nSPS) is 17.8. The number of ether oxygens (including phenoxy) is 1. The fraction of sp³-hybridized carbons (Fsp3) is 0.375. The summed E-state index contributed by atoms with van der Waals surface area (Å²) in [5.74, 6) is 1.38. The highest BCUT2D eigenvalue weighted by Crippen LogP contribution is 2.40. The van der Waals surface area contributed by atoms with E-state index in [1.165, 1.54) is 18.4 Å². The molecule has 4 nitrogen and oxygen atoms in total. The molecule has 0 unspecified atom stereocenters. The lowest BCUT2D eigenvalue weighted by atomic mass is 10.1. The standard InChI is InChI=1S/C16H16N2O2/c19-16-13-9-20-7-6-14(13)17-15(18-16)12-3-1-2-11(8-12)10-4-5-10/h1-3,8,10H,4-7,9H2,(H,17,18,19). The van der Waals surface area contributed by atoms with E-state index in [4.69, 9.17) is 4.74 Å². The van der Waals surface area contributed by atoms with Crippen LogP contribution in [0.4, 0.5) is 0 Å². The van der Waals surface area contributed by atoms with E-state index in [2.05, 4.69) is 22.1 Å². The average Bonchev–Trinajstić information content (AvgIpc) is 3.32. The second kappa shape index (κ2) is 4.56. The fourth-order valence-electron chi connectivity index (χ4n) is 2.74. The van der Waals surface area contributed by atoms with Crippen LogP contribution in [0.25, 0.3) is 11.4 Å². The molecule has 4 heteroatoms. The quantitative estimate of drug-likeness (QED) is 0.909. The summed E-state index contributed by atoms with van der Waals surface area (Å²) in [5, 5.41) is 0. The van der Waals surface area contributed by atoms with Crippen LogP contribution >= 0.6 is 0 Å². The van der Waals surface area contributed by atoms with Gasteiger partial charge in [0.2, 0.25) is 0 Å². The monoisotopic (exact) mass is 268 g/mol. The largest absolute Gasteiger partial charge is 0.376 e. The minimum absolute atomic E-state index is 0.0680. The van der Waals surface area contributed by atoms with Crippen LogP contribution in [-0.4, -0.2) is 16.6 Å². The lowest BCUT2D eigenvalue weighted by Gasteiger charge is -2.15. The Balaban J connectivity index is 1.80. The van der Waals surface area contributed by atoms with Crippen molar-refractivity contribution in [2.45, 2.75) is 31.8 Å². The van der Waals surface area contributed by atoms with Crippen molar-refractivity contribution in [1.82, 2.24) is 9.97 Å². The Kier molecular flexibility index (Phi) is 2.70. The number of benzene rings is 1. The van der Waals surface area contributed by atoms with Crippen LogP contribution in [-0.2, 0) is 17.8 Å². The molecule has 1 aromatic carbocycles. The first-order valence-corrected chi connectivity index (χ1v) is 7.11. The number of rotatable bonds is 2. The Labute approximate surface area is 116 Å². The molecule has 0 saturated heterocycles. The molecule has 0 atom stereocenters. The molecule has 1 N–H and O–H groups in total. The van der Waals surface area contributed by atoms with Gasteiger partial charge in [-0.25, -0.2) is 4.98 Å². The smallest absolute Gasteiger partial charge is 0.256 e. The summed E-state index contributed by atoms with van der Waals surface area (Å²) in [4.78, 5) is 19.6. The van der Waals surface area contributed by atoms with E-state index in [0.717, 1.165) is 11.3 Å². The zero-order valence-electron chi connectivity index (χ0n) is 11.2. The molecule has 102 valence electrons. The summed E-state index contributed by atoms with van der Waals surface area (Å²) < 4.78 is 5.32. The molecule has 4 rings (SSSR count). The Morgan fingerprint density at radius 1 is 1.30 bits per heavy atom. The van der Waals surface area contributed by atoms with Gasteiger partial charge in [-0.15, -0.1) is 0 Å². The summed E-state index contributed by atoms with van der Waals surface area (Å²) in [6, 6.07) is 8.37. The second-order valence-electron chi connectivity index (χ2n) is 5.54. The molecule has 2 heterocycles. The Morgan fingerprint density at radius 3 is 3.05 bits per heavy atom. The van der Waals surface area contributed by atoms with Crippen molar-refractivity contribution >= 4 is 0 Å². The van der Waals surface area contributed by atoms with Crippen molar-refractivity contribution in [3.63, 3.8) is 0 Å². The van der Waals surface area contributed by atoms with Crippen LogP contribution in [0.2, 0.25) is 0 Å². The maximum absolute atomic E-state index is 12.1. The first-order chi connectivity index (χ1) is 9.81. The van der Waals surface area contributed by atoms with E-state index in [0.29, 0.717) is 36.9 Å². The van der Waals surface area contributed by atoms with Gasteiger partial charge in [0, 0.05) is 12.0 Å². The number of H-pyrrole nitrogens is 1. The predicted octanol–water partition coefficient (Wildman–Crippen LogP) is 2.39. The van der Waals surface area contributed by atoms with Crippen molar-refractivity contribution in [2.24, 2.45) is 0 Å². The molecular formula is C16H16N2O2. The van der Waals surface area contributed by atoms with E-state index in [9.17, 15) is 4.79 Å². The third kappa shape index (κ3) is 2.06. The minimum Gasteiger partial charge on any atom is -0.376 e. The van der Waals surface area contributed by atoms with Crippen molar-refractivity contribution in [2.75, 3.05) is 6.61 Å². The molecule has 0 spiro atoms. The van der Waals surface area contributed by atoms with Crippen molar-refractivity contribution < 1.29 is 4.74 Å². The molecule has 0 bridgehead atoms. The van der Waals surface area contributed by atoms with Gasteiger partial charge in [0.15, 0.2) is 0 Å². The zero-order valence-corrected chi connectivity index (χ0v) is 11.2. The number of hydrogen-bond acceptors (Lipinski definition) is 3. The molecule has 2 aliphatic rings. The SMILES string of the molecule is O=c1[nH]c(-c2cccc(C3CC3)c2)nc2c1COCC2. The van der Waals surface area contributed by atoms with Gasteiger partial charge in [-0.3, -0.25) is 4.79 Å². The van der Waals surface area contributed by atoms with E-state index in [1.54, 1.807) is 0 Å². The molecule has 1 fully saturated rings. The summed E-state index contributed by atoms with van der Waals surface area (Å²) >= 11 is 0. The van der Waals surface area contributed by atoms with Gasteiger partial charge in [0.25, 0.3) is 5.56 Å². The van der Waals surface area contributed by atoms with Gasteiger partial charge < -0.3 is 9.72 Å². The lowest BCUT2D eigenvalue weighted by molar-refractivity contribution is 0.108. The fourth-order valence-corrected chi connectivity index (χ4v) is 2.74. The first kappa shape index (κ1) is 11.9. The molecule has 0 amide bonds. The van der Waals surface area contributed by atoms with Crippen molar-refractivity contribution in [3.8, 4) is 11.4 Å². The first-order valence-electron chi connectivity index (χ1n) is 7.11. The molecule has 20 heavy (non-hydrogen) atoms. The van der Waals surface area contributed by atoms with E-state index >= 15 is 0 Å². The predicted molar refractivity (Wildman–Crippen MR) is 75.6 cm³/mol. The Morgan fingerprint density at radius 2 is 2.20 bits per heavy atom. The van der Waals surface area contributed by atoms with Crippen LogP contribution in [0, 0.1) is 0 Å². The third-order valence-electron chi connectivity index (χ3n) is 4.04. The highest BCUT2D eigenvalue weighted by Gasteiger charge is 2.24. The van der Waals surface area contributed by atoms with E-state index < -0.39 is 0 Å². The number of fused-ring (bicyclic) bond motifs is 1. The van der Waals surface area contributed by atoms with Crippen molar-refractivity contribution in [3.05, 3.63) is 51.4 Å². The number of aromatic nitrogens is 2. The number of hydrogen-bond donors (Lipinski definition) is 1. The number of nitrogens with zero attached hydrogens (tertiary/aromatic N) is 1. The molecule has 1 aliphatic heterocycles. The van der Waals surface area contributed by atoms with Gasteiger partial charge >= 0.3 is 0 Å². The lowest BCUT2D eigenvalue weighted by Crippen LogP contribution is -2.24. The van der Waals surface area contributed by atoms with Gasteiger partial charge in [0.1, 0.15) is 5.82 Å². The van der Waals surface area contributed by atoms with Crippen LogP contribution in [0.1, 0.15) is 35.6 Å². The third-order valence-corrected chi connectivity index (χ3v) is 4.04. The van der Waals surface area contributed by atoms with Crippen LogP contribution < -0.4 is 5.56 Å². The topological polar surface area (TPSA) is 55.0 Å². The number of aromatic amines is 1. The van der Waals surface area contributed by atoms with Gasteiger partial charge in [-0.05, 0) is 30.4 Å². The maximum atomic E-state index is 12.1. The summed E-state index contributed by atoms with van der Waals surface area (Å²) in [6.45, 7) is 1.02. The molecular weight excluding hydrogens is 252 g/mol. The summed E-state index contributed by atoms with van der Waals surface area (Å²) in [6.07, 6.45) is 3.26. The molecule has 1 saturated carbocycles.